The van der Waals surface area contributed by atoms with E-state index in [0.717, 1.165) is 31.4 Å². The van der Waals surface area contributed by atoms with E-state index in [1.54, 1.807) is 98.8 Å². The summed E-state index contributed by atoms with van der Waals surface area (Å²) in [5.74, 6) is -5.96. The number of aliphatic hydroxyl groups excluding tert-OH is 2. The molecule has 0 saturated heterocycles. The quantitative estimate of drug-likeness (QED) is 0.0144. The summed E-state index contributed by atoms with van der Waals surface area (Å²) >= 11 is 0. The van der Waals surface area contributed by atoms with E-state index in [9.17, 15) is 62.9 Å². The van der Waals surface area contributed by atoms with Gasteiger partial charge in [-0.3, -0.25) is 14.4 Å². The minimum Gasteiger partial charge on any atom is -0.459 e. The first-order valence-corrected chi connectivity index (χ1v) is 33.8. The molecule has 2 heterocycles. The normalized spacial score (nSPS) is 12.9. The molecule has 0 spiro atoms. The molecule has 558 valence electrons. The fraction of sp³-hybridized carbons (Fsp3) is 0.307. The Morgan fingerprint density at radius 1 is 0.462 bits per heavy atom. The Morgan fingerprint density at radius 2 is 0.802 bits per heavy atom. The summed E-state index contributed by atoms with van der Waals surface area (Å²) in [5.41, 5.74) is 10.9. The summed E-state index contributed by atoms with van der Waals surface area (Å²) in [6.45, 7) is 2.58. The van der Waals surface area contributed by atoms with E-state index < -0.39 is 121 Å². The van der Waals surface area contributed by atoms with Crippen molar-refractivity contribution < 1.29 is 81.8 Å². The van der Waals surface area contributed by atoms with Crippen LogP contribution in [0.4, 0.5) is 9.59 Å². The number of amides is 6. The summed E-state index contributed by atoms with van der Waals surface area (Å²) in [4.78, 5) is 137. The number of benzene rings is 6. The summed E-state index contributed by atoms with van der Waals surface area (Å²) in [5, 5.41) is 39.7. The molecule has 8 rings (SSSR count). The van der Waals surface area contributed by atoms with Crippen LogP contribution in [-0.4, -0.2) is 152 Å². The molecule has 0 bridgehead atoms. The molecular weight excluding hydrogens is 1390 g/mol. The number of nitrogens with zero attached hydrogens (tertiary/aromatic N) is 4. The van der Waals surface area contributed by atoms with Gasteiger partial charge in [-0.25, -0.2) is 23.9 Å². The number of carbonyl (C=O) groups is 10. The zero-order valence-corrected chi connectivity index (χ0v) is 59.1. The van der Waals surface area contributed by atoms with Gasteiger partial charge < -0.3 is 41.0 Å². The van der Waals surface area contributed by atoms with E-state index >= 15 is 0 Å². The molecule has 6 unspecified atom stereocenters. The third-order valence-electron chi connectivity index (χ3n) is 15.8. The molecular formula is C75H86BClN12O17. The van der Waals surface area contributed by atoms with Crippen molar-refractivity contribution in [1.29, 1.82) is 0 Å². The van der Waals surface area contributed by atoms with Crippen LogP contribution >= 0.6 is 12.4 Å². The maximum atomic E-state index is 13.4. The number of aliphatic hydroxyl groups is 2. The first kappa shape index (κ1) is 83.4. The van der Waals surface area contributed by atoms with Crippen LogP contribution in [0.1, 0.15) is 96.4 Å². The molecule has 6 aromatic carbocycles. The SMILES string of the molecule is CCCC(NC(=O)C(Cc1cn(C(=O)OCc2ccccc2)cn1)NCB=O)C(O)C(=O)NCC(=O)N[C@H](C(=O)OCc1ccccc1)c1ccccc1.CCCC(NC(=O)C(N)Cc1cn(C(=O)OCc2ccccc2)cn1)C(O)C(=O)NCC(=O)N[C@H](C(=O)OCc1ccccc1)c1ccccc1.Cl. The Labute approximate surface area is 618 Å². The molecule has 2 aromatic heterocycles. The smallest absolute Gasteiger partial charge is 0.459 e. The zero-order chi connectivity index (χ0) is 75.3. The monoisotopic (exact) mass is 1470 g/mol. The van der Waals surface area contributed by atoms with Gasteiger partial charge in [-0.05, 0) is 34.2 Å². The Hall–Kier alpha value is -11.6. The van der Waals surface area contributed by atoms with Crippen LogP contribution in [0.3, 0.4) is 0 Å². The molecule has 106 heavy (non-hydrogen) atoms. The van der Waals surface area contributed by atoms with Crippen molar-refractivity contribution in [3.05, 3.63) is 252 Å². The number of hydrogen-bond donors (Lipinski definition) is 10. The second-order valence-electron chi connectivity index (χ2n) is 23.9. The van der Waals surface area contributed by atoms with Gasteiger partial charge in [-0.15, -0.1) is 12.4 Å². The topological polar surface area (TPSA) is 411 Å². The van der Waals surface area contributed by atoms with Crippen molar-refractivity contribution in [3.8, 4) is 0 Å². The van der Waals surface area contributed by atoms with Crippen LogP contribution in [0, 0.1) is 0 Å². The predicted molar refractivity (Wildman–Crippen MR) is 388 cm³/mol. The molecule has 6 amide bonds. The molecule has 11 N–H and O–H groups in total. The number of nitrogens with one attached hydrogen (secondary N) is 7. The molecule has 0 fully saturated rings. The molecule has 29 nitrogen and oxygen atoms in total. The van der Waals surface area contributed by atoms with E-state index in [1.165, 1.54) is 25.0 Å². The van der Waals surface area contributed by atoms with E-state index in [2.05, 4.69) is 47.2 Å². The second-order valence-corrected chi connectivity index (χ2v) is 23.9. The molecule has 0 radical (unpaired) electrons. The van der Waals surface area contributed by atoms with Crippen LogP contribution in [0.2, 0.25) is 0 Å². The van der Waals surface area contributed by atoms with Gasteiger partial charge in [-0.2, -0.15) is 0 Å². The molecule has 8 atom stereocenters. The molecule has 31 heteroatoms. The van der Waals surface area contributed by atoms with Gasteiger partial charge in [0.25, 0.3) is 5.91 Å². The van der Waals surface area contributed by atoms with E-state index in [0.29, 0.717) is 42.5 Å². The Bertz CT molecular complexity index is 4100. The van der Waals surface area contributed by atoms with Gasteiger partial charge in [0, 0.05) is 12.6 Å². The first-order chi connectivity index (χ1) is 50.8. The van der Waals surface area contributed by atoms with Gasteiger partial charge in [0.05, 0.1) is 24.3 Å². The Morgan fingerprint density at radius 3 is 1.16 bits per heavy atom. The number of rotatable bonds is 37. The number of imidazole rings is 2. The third-order valence-corrected chi connectivity index (χ3v) is 15.8. The van der Waals surface area contributed by atoms with E-state index in [4.69, 9.17) is 24.7 Å². The maximum absolute atomic E-state index is 13.4. The van der Waals surface area contributed by atoms with Crippen molar-refractivity contribution in [3.63, 3.8) is 0 Å². The standard InChI is InChI=1S/C38H43BN6O9.C37H42N6O8.ClH/c1-2-12-30(43-35(48)31(41-24-39-52)19-29-21-45(25-42-29)38(51)54-23-27-15-8-4-9-16-27)34(47)36(49)40-20-32(46)44-33(28-17-10-5-11-18-28)37(50)53-22-26-13-6-3-7-14-26;1-2-12-30(41-34(46)29(38)19-28-21-43(24-40-28)37(49)51-23-26-15-8-4-9-16-26)33(45)35(47)39-20-31(44)42-32(27-17-10-5-11-18-27)36(48)50-22-25-13-6-3-7-14-25;/h3-11,13-18,21,25,30-31,33-34,41,47H,2,12,19-20,22-24H2,1H3,(H,40,49)(H,43,48)(H,44,46);3-11,13-18,21,24,29-30,32-33,45H,2,12,19-20,22-23,38H2,1H3,(H,39,47)(H,41,46)(H,42,44);1H/t30?,31?,33-,34?;29?,30?,32-,33?;/m00./s1. The average Bonchev–Trinajstić information content (AvgIpc) is 1.42. The number of halogens is 1. The van der Waals surface area contributed by atoms with Gasteiger partial charge >= 0.3 is 213 Å². The van der Waals surface area contributed by atoms with Crippen LogP contribution in [-0.2, 0) is 101 Å². The van der Waals surface area contributed by atoms with Crippen molar-refractivity contribution in [2.75, 3.05) is 19.5 Å². The van der Waals surface area contributed by atoms with Crippen molar-refractivity contribution >= 4 is 79.1 Å². The summed E-state index contributed by atoms with van der Waals surface area (Å²) in [7, 11) is 0.571. The average molecular weight is 1470 g/mol. The van der Waals surface area contributed by atoms with Crippen molar-refractivity contribution in [2.45, 2.75) is 127 Å². The molecule has 0 saturated carbocycles. The zero-order valence-electron chi connectivity index (χ0n) is 58.3. The molecule has 8 aromatic rings. The van der Waals surface area contributed by atoms with Crippen LogP contribution in [0.5, 0.6) is 0 Å². The Balaban J connectivity index is 0.000000330. The van der Waals surface area contributed by atoms with Gasteiger partial charge in [-0.1, -0.05) is 183 Å². The molecule has 0 aliphatic heterocycles. The number of aromatic nitrogens is 4. The van der Waals surface area contributed by atoms with Crippen LogP contribution < -0.4 is 43.0 Å². The minimum atomic E-state index is -1.76. The van der Waals surface area contributed by atoms with Gasteiger partial charge in [0.2, 0.25) is 11.8 Å². The Kier molecular flexibility index (Phi) is 35.3. The van der Waals surface area contributed by atoms with Gasteiger partial charge in [0.1, 0.15) is 26.1 Å². The summed E-state index contributed by atoms with van der Waals surface area (Å²) < 4.78 is 34.9. The fourth-order valence-electron chi connectivity index (χ4n) is 10.3. The minimum absolute atomic E-state index is 0. The number of ether oxygens (including phenoxy) is 4. The number of carbonyl (C=O) groups excluding carboxylic acids is 10. The fourth-order valence-corrected chi connectivity index (χ4v) is 10.3. The summed E-state index contributed by atoms with van der Waals surface area (Å²) in [6.07, 6.45) is 1.64. The first-order valence-electron chi connectivity index (χ1n) is 33.8. The second kappa shape index (κ2) is 44.8. The van der Waals surface area contributed by atoms with E-state index in [1.807, 2.05) is 97.1 Å². The number of nitrogens with two attached hydrogens (primary N) is 1. The van der Waals surface area contributed by atoms with E-state index in [-0.39, 0.29) is 71.0 Å². The third kappa shape index (κ3) is 27.9. The van der Waals surface area contributed by atoms with Crippen LogP contribution in [0.15, 0.2) is 207 Å². The molecule has 0 aliphatic carbocycles. The molecule has 0 aliphatic rings. The number of hydrogen-bond acceptors (Lipinski definition) is 21. The van der Waals surface area contributed by atoms with Crippen molar-refractivity contribution in [1.82, 2.24) is 56.3 Å². The summed E-state index contributed by atoms with van der Waals surface area (Å²) in [6, 6.07) is 46.8. The predicted octanol–water partition coefficient (Wildman–Crippen LogP) is 4.66. The van der Waals surface area contributed by atoms with Gasteiger partial charge in [0.15, 0.2) is 18.2 Å². The number of esters is 2. The van der Waals surface area contributed by atoms with Crippen molar-refractivity contribution in [2.24, 2.45) is 5.73 Å². The van der Waals surface area contributed by atoms with Crippen LogP contribution in [0.25, 0.3) is 0 Å².